The molecule has 0 saturated heterocycles. The molecule has 0 bridgehead atoms. The van der Waals surface area contributed by atoms with Gasteiger partial charge in [-0.3, -0.25) is 4.48 Å². The van der Waals surface area contributed by atoms with Gasteiger partial charge in [0.05, 0.1) is 19.6 Å². The summed E-state index contributed by atoms with van der Waals surface area (Å²) in [6.45, 7) is 22.2. The lowest BCUT2D eigenvalue weighted by atomic mass is 9.82. The van der Waals surface area contributed by atoms with E-state index in [0.29, 0.717) is 0 Å². The lowest BCUT2D eigenvalue weighted by molar-refractivity contribution is 0.315. The van der Waals surface area contributed by atoms with E-state index in [9.17, 15) is 0 Å². The molecule has 2 aromatic rings. The number of nitrogens with zero attached hydrogens (tertiary/aromatic N) is 1. The third-order valence-corrected chi connectivity index (χ3v) is 6.94. The summed E-state index contributed by atoms with van der Waals surface area (Å²) in [7, 11) is 0. The Hall–Kier alpha value is -1.64. The molecule has 0 saturated carbocycles. The SMILES string of the molecule is CCc1ccccc1-c1c(CC)c(CC)c(C)c(C)c1[N+](CC)(CC)CC.[OH-]. The van der Waals surface area contributed by atoms with Crippen molar-refractivity contribution >= 4 is 5.69 Å². The number of aryl methyl sites for hydroxylation is 1. The molecule has 2 heteroatoms. The Morgan fingerprint density at radius 3 is 1.68 bits per heavy atom. The summed E-state index contributed by atoms with van der Waals surface area (Å²) in [5.74, 6) is 0. The van der Waals surface area contributed by atoms with Gasteiger partial charge in [-0.05, 0) is 81.7 Å². The van der Waals surface area contributed by atoms with Crippen molar-refractivity contribution in [3.63, 3.8) is 0 Å². The zero-order chi connectivity index (χ0) is 20.2. The highest BCUT2D eigenvalue weighted by atomic mass is 16.0. The molecular weight excluding hydrogens is 342 g/mol. The summed E-state index contributed by atoms with van der Waals surface area (Å²) < 4.78 is 1.07. The second-order valence-corrected chi connectivity index (χ2v) is 7.74. The molecule has 1 N–H and O–H groups in total. The van der Waals surface area contributed by atoms with Crippen molar-refractivity contribution in [1.82, 2.24) is 4.48 Å². The molecule has 2 aromatic carbocycles. The molecule has 28 heavy (non-hydrogen) atoms. The van der Waals surface area contributed by atoms with E-state index in [2.05, 4.69) is 79.7 Å². The lowest BCUT2D eigenvalue weighted by Gasteiger charge is -2.40. The number of hydrogen-bond acceptors (Lipinski definition) is 1. The monoisotopic (exact) mass is 383 g/mol. The van der Waals surface area contributed by atoms with Crippen LogP contribution in [-0.2, 0) is 19.3 Å². The molecule has 0 atom stereocenters. The van der Waals surface area contributed by atoms with Crippen LogP contribution >= 0.6 is 0 Å². The first kappa shape index (κ1) is 24.4. The normalized spacial score (nSPS) is 11.4. The molecule has 0 amide bonds. The van der Waals surface area contributed by atoms with E-state index in [0.717, 1.165) is 43.4 Å². The maximum absolute atomic E-state index is 2.37. The van der Waals surface area contributed by atoms with Gasteiger partial charge in [0.1, 0.15) is 5.69 Å². The van der Waals surface area contributed by atoms with Crippen molar-refractivity contribution < 1.29 is 5.48 Å². The van der Waals surface area contributed by atoms with Crippen LogP contribution in [0.1, 0.15) is 69.4 Å². The smallest absolute Gasteiger partial charge is 0.144 e. The molecule has 156 valence electrons. The van der Waals surface area contributed by atoms with Gasteiger partial charge in [0.25, 0.3) is 0 Å². The summed E-state index contributed by atoms with van der Waals surface area (Å²) in [6.07, 6.45) is 3.29. The Morgan fingerprint density at radius 1 is 0.679 bits per heavy atom. The zero-order valence-corrected chi connectivity index (χ0v) is 19.4. The highest BCUT2D eigenvalue weighted by Gasteiger charge is 2.34. The van der Waals surface area contributed by atoms with Gasteiger partial charge < -0.3 is 5.48 Å². The van der Waals surface area contributed by atoms with E-state index in [-0.39, 0.29) is 5.48 Å². The Morgan fingerprint density at radius 2 is 1.21 bits per heavy atom. The Kier molecular flexibility index (Phi) is 8.91. The van der Waals surface area contributed by atoms with Crippen LogP contribution in [0.15, 0.2) is 24.3 Å². The summed E-state index contributed by atoms with van der Waals surface area (Å²) in [5, 5.41) is 0. The highest BCUT2D eigenvalue weighted by Crippen LogP contribution is 2.45. The minimum absolute atomic E-state index is 0. The standard InChI is InChI=1S/C26H40N.H2O/c1-9-21-17-15-16-18-24(21)25-23(11-3)22(10-2)19(7)20(8)26(25)27(12-4,13-5)14-6;/h15-18H,9-14H2,1-8H3;1H2/q+1;/p-1. The molecule has 2 rings (SSSR count). The van der Waals surface area contributed by atoms with E-state index in [1.54, 1.807) is 22.4 Å². The zero-order valence-electron chi connectivity index (χ0n) is 19.4. The Balaban J connectivity index is 0.00000392. The number of quaternary nitrogens is 1. The van der Waals surface area contributed by atoms with E-state index < -0.39 is 0 Å². The molecule has 0 spiro atoms. The Labute approximate surface area is 173 Å². The molecule has 0 unspecified atom stereocenters. The average molecular weight is 384 g/mol. The number of benzene rings is 2. The van der Waals surface area contributed by atoms with Gasteiger partial charge in [-0.15, -0.1) is 0 Å². The highest BCUT2D eigenvalue weighted by molar-refractivity contribution is 5.86. The van der Waals surface area contributed by atoms with Crippen molar-refractivity contribution in [3.05, 3.63) is 52.1 Å². The molecule has 0 fully saturated rings. The topological polar surface area (TPSA) is 30.0 Å². The van der Waals surface area contributed by atoms with Gasteiger partial charge in [-0.25, -0.2) is 0 Å². The first-order valence-corrected chi connectivity index (χ1v) is 11.1. The third kappa shape index (κ3) is 3.90. The third-order valence-electron chi connectivity index (χ3n) is 6.94. The number of rotatable bonds is 8. The van der Waals surface area contributed by atoms with Gasteiger partial charge in [0.2, 0.25) is 0 Å². The summed E-state index contributed by atoms with van der Waals surface area (Å²) in [5.41, 5.74) is 12.2. The summed E-state index contributed by atoms with van der Waals surface area (Å²) in [6, 6.07) is 9.09. The number of hydrogen-bond donors (Lipinski definition) is 0. The van der Waals surface area contributed by atoms with Crippen LogP contribution in [0.5, 0.6) is 0 Å². The summed E-state index contributed by atoms with van der Waals surface area (Å²) >= 11 is 0. The fraction of sp³-hybridized carbons (Fsp3) is 0.538. The van der Waals surface area contributed by atoms with E-state index in [1.165, 1.54) is 22.3 Å². The first-order valence-electron chi connectivity index (χ1n) is 11.1. The van der Waals surface area contributed by atoms with E-state index in [1.807, 2.05) is 0 Å². The van der Waals surface area contributed by atoms with Crippen LogP contribution in [0.25, 0.3) is 11.1 Å². The van der Waals surface area contributed by atoms with Gasteiger partial charge in [0.15, 0.2) is 0 Å². The fourth-order valence-electron chi connectivity index (χ4n) is 5.08. The lowest BCUT2D eigenvalue weighted by Crippen LogP contribution is -2.49. The van der Waals surface area contributed by atoms with Crippen molar-refractivity contribution in [2.75, 3.05) is 19.6 Å². The molecule has 0 aliphatic rings. The van der Waals surface area contributed by atoms with Gasteiger partial charge in [0, 0.05) is 11.1 Å². The molecule has 0 aliphatic carbocycles. The van der Waals surface area contributed by atoms with Crippen molar-refractivity contribution in [2.45, 2.75) is 74.7 Å². The molecular formula is C26H41NO. The average Bonchev–Trinajstić information content (AvgIpc) is 2.72. The summed E-state index contributed by atoms with van der Waals surface area (Å²) in [4.78, 5) is 0. The van der Waals surface area contributed by atoms with Crippen molar-refractivity contribution in [3.8, 4) is 11.1 Å². The van der Waals surface area contributed by atoms with Gasteiger partial charge in [-0.2, -0.15) is 0 Å². The van der Waals surface area contributed by atoms with Crippen molar-refractivity contribution in [1.29, 1.82) is 0 Å². The predicted octanol–water partition coefficient (Wildman–Crippen LogP) is 6.85. The van der Waals surface area contributed by atoms with Crippen LogP contribution in [-0.4, -0.2) is 25.1 Å². The fourth-order valence-corrected chi connectivity index (χ4v) is 5.08. The predicted molar refractivity (Wildman–Crippen MR) is 125 cm³/mol. The second kappa shape index (κ2) is 10.2. The van der Waals surface area contributed by atoms with Crippen LogP contribution in [0.3, 0.4) is 0 Å². The second-order valence-electron chi connectivity index (χ2n) is 7.74. The van der Waals surface area contributed by atoms with E-state index >= 15 is 0 Å². The minimum atomic E-state index is 0. The van der Waals surface area contributed by atoms with Gasteiger partial charge >= 0.3 is 0 Å². The van der Waals surface area contributed by atoms with Gasteiger partial charge in [-0.1, -0.05) is 45.0 Å². The van der Waals surface area contributed by atoms with Crippen LogP contribution < -0.4 is 4.48 Å². The molecule has 0 aromatic heterocycles. The maximum Gasteiger partial charge on any atom is 0.144 e. The molecule has 0 radical (unpaired) electrons. The Bertz CT molecular complexity index is 779. The molecule has 0 heterocycles. The quantitative estimate of drug-likeness (QED) is 0.458. The van der Waals surface area contributed by atoms with E-state index in [4.69, 9.17) is 0 Å². The van der Waals surface area contributed by atoms with Crippen LogP contribution in [0, 0.1) is 13.8 Å². The first-order chi connectivity index (χ1) is 13.0. The minimum Gasteiger partial charge on any atom is -0.870 e. The molecule has 0 aliphatic heterocycles. The maximum atomic E-state index is 2.37. The molecule has 2 nitrogen and oxygen atoms in total. The largest absolute Gasteiger partial charge is 0.870 e. The van der Waals surface area contributed by atoms with Crippen LogP contribution in [0.2, 0.25) is 0 Å². The van der Waals surface area contributed by atoms with Crippen molar-refractivity contribution in [2.24, 2.45) is 0 Å². The van der Waals surface area contributed by atoms with Crippen LogP contribution in [0.4, 0.5) is 5.69 Å².